The van der Waals surface area contributed by atoms with Crippen molar-refractivity contribution in [2.24, 2.45) is 0 Å². The Labute approximate surface area is 126 Å². The lowest BCUT2D eigenvalue weighted by Crippen LogP contribution is -2.29. The maximum Gasteiger partial charge on any atom is 0.488 e. The molecule has 0 aliphatic rings. The molecule has 0 bridgehead atoms. The Kier molecular flexibility index (Phi) is 5.44. The lowest BCUT2D eigenvalue weighted by Gasteiger charge is -2.10. The fourth-order valence-electron chi connectivity index (χ4n) is 1.69. The molecular formula is C14H13BClFO4. The summed E-state index contributed by atoms with van der Waals surface area (Å²) < 4.78 is 24.1. The molecule has 0 aromatic heterocycles. The zero-order valence-corrected chi connectivity index (χ0v) is 11.8. The van der Waals surface area contributed by atoms with Crippen LogP contribution in [0.1, 0.15) is 0 Å². The second kappa shape index (κ2) is 7.31. The predicted molar refractivity (Wildman–Crippen MR) is 78.7 cm³/mol. The van der Waals surface area contributed by atoms with Crippen LogP contribution in [-0.4, -0.2) is 30.4 Å². The minimum atomic E-state index is -1.55. The predicted octanol–water partition coefficient (Wildman–Crippen LogP) is 1.62. The lowest BCUT2D eigenvalue weighted by molar-refractivity contribution is 0.211. The third-order valence-electron chi connectivity index (χ3n) is 2.67. The van der Waals surface area contributed by atoms with Crippen molar-refractivity contribution in [1.29, 1.82) is 0 Å². The second-order valence-corrected chi connectivity index (χ2v) is 4.60. The van der Waals surface area contributed by atoms with Gasteiger partial charge in [0.2, 0.25) is 0 Å². The first-order valence-electron chi connectivity index (χ1n) is 6.23. The van der Waals surface area contributed by atoms with Crippen molar-refractivity contribution in [3.05, 3.63) is 53.3 Å². The third-order valence-corrected chi connectivity index (χ3v) is 2.97. The topological polar surface area (TPSA) is 58.9 Å². The normalized spacial score (nSPS) is 10.3. The Balaban J connectivity index is 1.86. The highest BCUT2D eigenvalue weighted by Crippen LogP contribution is 2.27. The second-order valence-electron chi connectivity index (χ2n) is 4.19. The fourth-order valence-corrected chi connectivity index (χ4v) is 1.91. The standard InChI is InChI=1S/C14H13BClFO4/c16-12-5-2-6-13(17)14(12)21-8-7-20-11-4-1-3-10(9-11)15(18)19/h1-6,9,18-19H,7-8H2. The molecule has 2 aromatic rings. The van der Waals surface area contributed by atoms with Crippen molar-refractivity contribution in [3.63, 3.8) is 0 Å². The molecule has 0 fully saturated rings. The molecule has 2 rings (SSSR count). The van der Waals surface area contributed by atoms with E-state index >= 15 is 0 Å². The van der Waals surface area contributed by atoms with E-state index in [1.165, 1.54) is 24.3 Å². The highest BCUT2D eigenvalue weighted by Gasteiger charge is 2.11. The van der Waals surface area contributed by atoms with Gasteiger partial charge in [-0.15, -0.1) is 0 Å². The van der Waals surface area contributed by atoms with Gasteiger partial charge in [0, 0.05) is 0 Å². The summed E-state index contributed by atoms with van der Waals surface area (Å²) >= 11 is 5.82. The van der Waals surface area contributed by atoms with E-state index in [0.717, 1.165) is 0 Å². The van der Waals surface area contributed by atoms with E-state index in [1.807, 2.05) is 0 Å². The minimum Gasteiger partial charge on any atom is -0.490 e. The smallest absolute Gasteiger partial charge is 0.488 e. The Morgan fingerprint density at radius 2 is 1.76 bits per heavy atom. The molecule has 0 amide bonds. The van der Waals surface area contributed by atoms with Gasteiger partial charge in [-0.1, -0.05) is 29.8 Å². The Bertz CT molecular complexity index is 589. The minimum absolute atomic E-state index is 0.0118. The number of ether oxygens (including phenoxy) is 2. The van der Waals surface area contributed by atoms with Crippen molar-refractivity contribution in [1.82, 2.24) is 0 Å². The summed E-state index contributed by atoms with van der Waals surface area (Å²) in [6.07, 6.45) is 0. The van der Waals surface area contributed by atoms with Gasteiger partial charge in [-0.25, -0.2) is 4.39 Å². The molecule has 2 N–H and O–H groups in total. The summed E-state index contributed by atoms with van der Waals surface area (Å²) in [4.78, 5) is 0. The van der Waals surface area contributed by atoms with Crippen LogP contribution in [0.15, 0.2) is 42.5 Å². The number of para-hydroxylation sites is 1. The number of hydrogen-bond acceptors (Lipinski definition) is 4. The first-order valence-corrected chi connectivity index (χ1v) is 6.61. The molecule has 2 aromatic carbocycles. The van der Waals surface area contributed by atoms with Gasteiger partial charge in [-0.05, 0) is 29.7 Å². The molecule has 0 unspecified atom stereocenters. The molecular weight excluding hydrogens is 297 g/mol. The lowest BCUT2D eigenvalue weighted by atomic mass is 9.80. The Hall–Kier alpha value is -1.76. The number of benzene rings is 2. The van der Waals surface area contributed by atoms with Crippen molar-refractivity contribution < 1.29 is 23.9 Å². The first kappa shape index (κ1) is 15.6. The van der Waals surface area contributed by atoms with E-state index in [0.29, 0.717) is 11.2 Å². The molecule has 0 saturated heterocycles. The number of rotatable bonds is 6. The van der Waals surface area contributed by atoms with Crippen LogP contribution in [0, 0.1) is 5.82 Å². The van der Waals surface area contributed by atoms with E-state index in [2.05, 4.69) is 0 Å². The van der Waals surface area contributed by atoms with Gasteiger partial charge in [0.05, 0.1) is 5.02 Å². The van der Waals surface area contributed by atoms with Crippen LogP contribution in [0.2, 0.25) is 5.02 Å². The molecule has 0 heterocycles. The van der Waals surface area contributed by atoms with Gasteiger partial charge in [0.15, 0.2) is 11.6 Å². The van der Waals surface area contributed by atoms with Crippen molar-refractivity contribution in [2.75, 3.05) is 13.2 Å². The molecule has 0 radical (unpaired) electrons. The van der Waals surface area contributed by atoms with E-state index < -0.39 is 12.9 Å². The van der Waals surface area contributed by atoms with Crippen LogP contribution in [0.5, 0.6) is 11.5 Å². The average Bonchev–Trinajstić information content (AvgIpc) is 2.46. The molecule has 0 aliphatic carbocycles. The van der Waals surface area contributed by atoms with E-state index in [-0.39, 0.29) is 24.0 Å². The SMILES string of the molecule is OB(O)c1cccc(OCCOc2c(F)cccc2Cl)c1. The Morgan fingerprint density at radius 1 is 1.05 bits per heavy atom. The van der Waals surface area contributed by atoms with Crippen molar-refractivity contribution >= 4 is 24.2 Å². The molecule has 0 saturated carbocycles. The van der Waals surface area contributed by atoms with Crippen LogP contribution in [0.25, 0.3) is 0 Å². The van der Waals surface area contributed by atoms with Crippen molar-refractivity contribution in [3.8, 4) is 11.5 Å². The van der Waals surface area contributed by atoms with E-state index in [4.69, 9.17) is 31.1 Å². The molecule has 0 aliphatic heterocycles. The molecule has 7 heteroatoms. The van der Waals surface area contributed by atoms with Crippen molar-refractivity contribution in [2.45, 2.75) is 0 Å². The Morgan fingerprint density at radius 3 is 2.48 bits per heavy atom. The van der Waals surface area contributed by atoms with Gasteiger partial charge in [-0.2, -0.15) is 0 Å². The third kappa shape index (κ3) is 4.36. The quantitative estimate of drug-likeness (QED) is 0.629. The van der Waals surface area contributed by atoms with E-state index in [9.17, 15) is 4.39 Å². The van der Waals surface area contributed by atoms with Crippen LogP contribution in [-0.2, 0) is 0 Å². The fraction of sp³-hybridized carbons (Fsp3) is 0.143. The summed E-state index contributed by atoms with van der Waals surface area (Å²) in [5.41, 5.74) is 0.325. The van der Waals surface area contributed by atoms with Gasteiger partial charge >= 0.3 is 7.12 Å². The zero-order valence-electron chi connectivity index (χ0n) is 11.0. The molecule has 0 atom stereocenters. The van der Waals surface area contributed by atoms with Crippen LogP contribution >= 0.6 is 11.6 Å². The van der Waals surface area contributed by atoms with Gasteiger partial charge in [0.1, 0.15) is 19.0 Å². The first-order chi connectivity index (χ1) is 10.1. The summed E-state index contributed by atoms with van der Waals surface area (Å²) in [7, 11) is -1.55. The summed E-state index contributed by atoms with van der Waals surface area (Å²) in [6.45, 7) is 0.266. The van der Waals surface area contributed by atoms with Gasteiger partial charge in [-0.3, -0.25) is 0 Å². The maximum atomic E-state index is 13.4. The van der Waals surface area contributed by atoms with Crippen LogP contribution in [0.3, 0.4) is 0 Å². The summed E-state index contributed by atoms with van der Waals surface area (Å²) in [5, 5.41) is 18.3. The van der Waals surface area contributed by atoms with Crippen LogP contribution in [0.4, 0.5) is 4.39 Å². The monoisotopic (exact) mass is 310 g/mol. The molecule has 0 spiro atoms. The molecule has 110 valence electrons. The maximum absolute atomic E-state index is 13.4. The number of hydrogen-bond donors (Lipinski definition) is 2. The summed E-state index contributed by atoms with van der Waals surface area (Å²) in [5.74, 6) is -0.0842. The van der Waals surface area contributed by atoms with Crippen LogP contribution < -0.4 is 14.9 Å². The summed E-state index contributed by atoms with van der Waals surface area (Å²) in [6, 6.07) is 10.7. The number of halogens is 2. The highest BCUT2D eigenvalue weighted by molar-refractivity contribution is 6.58. The van der Waals surface area contributed by atoms with Gasteiger partial charge < -0.3 is 19.5 Å². The largest absolute Gasteiger partial charge is 0.490 e. The zero-order chi connectivity index (χ0) is 15.2. The average molecular weight is 311 g/mol. The molecule has 4 nitrogen and oxygen atoms in total. The van der Waals surface area contributed by atoms with E-state index in [1.54, 1.807) is 18.2 Å². The van der Waals surface area contributed by atoms with Gasteiger partial charge in [0.25, 0.3) is 0 Å². The molecule has 21 heavy (non-hydrogen) atoms. The highest BCUT2D eigenvalue weighted by atomic mass is 35.5.